The lowest BCUT2D eigenvalue weighted by atomic mass is 9.93. The molecule has 1 saturated heterocycles. The first kappa shape index (κ1) is 14.7. The molecule has 5 heteroatoms. The summed E-state index contributed by atoms with van der Waals surface area (Å²) in [5.74, 6) is -1.43. The van der Waals surface area contributed by atoms with Crippen LogP contribution in [-0.2, 0) is 23.8 Å². The molecule has 0 saturated carbocycles. The van der Waals surface area contributed by atoms with E-state index in [2.05, 4.69) is 0 Å². The fraction of sp³-hybridized carbons (Fsp3) is 0.467. The van der Waals surface area contributed by atoms with E-state index in [1.54, 1.807) is 0 Å². The molecule has 1 aliphatic heterocycles. The van der Waals surface area contributed by atoms with Gasteiger partial charge in [-0.3, -0.25) is 4.79 Å². The van der Waals surface area contributed by atoms with Gasteiger partial charge in [-0.25, -0.2) is 4.79 Å². The summed E-state index contributed by atoms with van der Waals surface area (Å²) in [6.07, 6.45) is -0.396. The first-order chi connectivity index (χ1) is 9.50. The van der Waals surface area contributed by atoms with Crippen molar-refractivity contribution in [2.45, 2.75) is 20.1 Å². The number of carbonyl (C=O) groups is 2. The second-order valence-electron chi connectivity index (χ2n) is 5.31. The quantitative estimate of drug-likeness (QED) is 0.621. The van der Waals surface area contributed by atoms with Crippen molar-refractivity contribution in [3.8, 4) is 0 Å². The first-order valence-corrected chi connectivity index (χ1v) is 6.46. The molecule has 1 aromatic rings. The maximum absolute atomic E-state index is 11.2. The lowest BCUT2D eigenvalue weighted by Crippen LogP contribution is -2.41. The van der Waals surface area contributed by atoms with Gasteiger partial charge in [-0.1, -0.05) is 37.3 Å². The summed E-state index contributed by atoms with van der Waals surface area (Å²) in [6.45, 7) is 3.98. The molecule has 0 unspecified atom stereocenters. The van der Waals surface area contributed by atoms with Crippen LogP contribution < -0.4 is 0 Å². The number of Topliss-reactive ketones (excluding diaryl/α,β-unsaturated/α-hetero) is 1. The van der Waals surface area contributed by atoms with Gasteiger partial charge in [0, 0.05) is 17.9 Å². The Morgan fingerprint density at radius 3 is 2.40 bits per heavy atom. The zero-order valence-electron chi connectivity index (χ0n) is 11.6. The predicted molar refractivity (Wildman–Crippen MR) is 70.8 cm³/mol. The normalized spacial score (nSPS) is 26.0. The van der Waals surface area contributed by atoms with Crippen LogP contribution in [0.2, 0.25) is 0 Å². The summed E-state index contributed by atoms with van der Waals surface area (Å²) in [6, 6.07) is 9.64. The fourth-order valence-electron chi connectivity index (χ4n) is 1.87. The average Bonchev–Trinajstić information content (AvgIpc) is 2.46. The highest BCUT2D eigenvalue weighted by molar-refractivity contribution is 6.32. The Hall–Kier alpha value is -1.72. The monoisotopic (exact) mass is 278 g/mol. The summed E-state index contributed by atoms with van der Waals surface area (Å²) in [5.41, 5.74) is 0.520. The Balaban J connectivity index is 1.87. The number of carbonyl (C=O) groups excluding carboxylic acids is 2. The van der Waals surface area contributed by atoms with Crippen molar-refractivity contribution in [3.63, 3.8) is 0 Å². The van der Waals surface area contributed by atoms with Crippen LogP contribution in [0.25, 0.3) is 0 Å². The molecular weight excluding hydrogens is 260 g/mol. The highest BCUT2D eigenvalue weighted by Gasteiger charge is 2.35. The van der Waals surface area contributed by atoms with E-state index in [-0.39, 0.29) is 6.61 Å². The number of benzene rings is 1. The molecule has 0 N–H and O–H groups in total. The Morgan fingerprint density at radius 1 is 1.25 bits per heavy atom. The number of esters is 1. The Labute approximate surface area is 117 Å². The second kappa shape index (κ2) is 6.15. The molecule has 108 valence electrons. The highest BCUT2D eigenvalue weighted by Crippen LogP contribution is 2.31. The van der Waals surface area contributed by atoms with Gasteiger partial charge in [0.25, 0.3) is 0 Å². The minimum Gasteiger partial charge on any atom is -0.459 e. The van der Waals surface area contributed by atoms with Crippen LogP contribution in [0.1, 0.15) is 25.7 Å². The van der Waals surface area contributed by atoms with Crippen molar-refractivity contribution in [2.24, 2.45) is 5.41 Å². The number of ether oxygens (including phenoxy) is 3. The molecule has 1 aliphatic rings. The van der Waals surface area contributed by atoms with Crippen molar-refractivity contribution >= 4 is 11.8 Å². The molecule has 1 aromatic carbocycles. The maximum atomic E-state index is 11.2. The molecule has 0 amide bonds. The molecule has 1 heterocycles. The minimum atomic E-state index is -0.823. The molecule has 5 nitrogen and oxygen atoms in total. The minimum absolute atomic E-state index is 0.104. The summed E-state index contributed by atoms with van der Waals surface area (Å²) < 4.78 is 16.3. The second-order valence-corrected chi connectivity index (χ2v) is 5.31. The third kappa shape index (κ3) is 3.65. The Bertz CT molecular complexity index is 474. The van der Waals surface area contributed by atoms with Crippen molar-refractivity contribution in [3.05, 3.63) is 35.9 Å². The summed E-state index contributed by atoms with van der Waals surface area (Å²) >= 11 is 0. The summed E-state index contributed by atoms with van der Waals surface area (Å²) in [7, 11) is 0. The Morgan fingerprint density at radius 2 is 1.85 bits per heavy atom. The highest BCUT2D eigenvalue weighted by atomic mass is 16.7. The van der Waals surface area contributed by atoms with E-state index in [0.29, 0.717) is 13.2 Å². The number of hydrogen-bond donors (Lipinski definition) is 0. The van der Waals surface area contributed by atoms with Gasteiger partial charge in [-0.05, 0) is 0 Å². The van der Waals surface area contributed by atoms with Crippen LogP contribution >= 0.6 is 0 Å². The van der Waals surface area contributed by atoms with E-state index >= 15 is 0 Å². The molecule has 0 bridgehead atoms. The molecule has 2 rings (SSSR count). The molecule has 0 spiro atoms. The van der Waals surface area contributed by atoms with Crippen LogP contribution in [0, 0.1) is 5.41 Å². The van der Waals surface area contributed by atoms with Crippen LogP contribution in [0.15, 0.2) is 30.3 Å². The molecule has 0 radical (unpaired) electrons. The van der Waals surface area contributed by atoms with Gasteiger partial charge in [-0.15, -0.1) is 0 Å². The van der Waals surface area contributed by atoms with Gasteiger partial charge < -0.3 is 14.2 Å². The van der Waals surface area contributed by atoms with Crippen LogP contribution in [0.3, 0.4) is 0 Å². The van der Waals surface area contributed by atoms with Crippen molar-refractivity contribution < 1.29 is 23.8 Å². The van der Waals surface area contributed by atoms with Gasteiger partial charge in [0.1, 0.15) is 6.61 Å². The topological polar surface area (TPSA) is 61.8 Å². The van der Waals surface area contributed by atoms with Crippen molar-refractivity contribution in [1.82, 2.24) is 0 Å². The largest absolute Gasteiger partial charge is 0.459 e. The van der Waals surface area contributed by atoms with E-state index < -0.39 is 23.5 Å². The molecule has 20 heavy (non-hydrogen) atoms. The summed E-state index contributed by atoms with van der Waals surface area (Å²) in [5, 5.41) is 0. The van der Waals surface area contributed by atoms with E-state index in [1.165, 1.54) is 6.92 Å². The van der Waals surface area contributed by atoms with Crippen molar-refractivity contribution in [2.75, 3.05) is 19.8 Å². The maximum Gasteiger partial charge on any atom is 0.374 e. The molecule has 1 fully saturated rings. The predicted octanol–water partition coefficient (Wildman–Crippen LogP) is 1.87. The number of ketones is 1. The van der Waals surface area contributed by atoms with Crippen LogP contribution in [0.5, 0.6) is 0 Å². The fourth-order valence-corrected chi connectivity index (χ4v) is 1.87. The van der Waals surface area contributed by atoms with Gasteiger partial charge in [0.15, 0.2) is 6.29 Å². The zero-order valence-corrected chi connectivity index (χ0v) is 11.6. The third-order valence-corrected chi connectivity index (χ3v) is 3.08. The standard InChI is InChI=1S/C15H18O5/c1-11(16)13(17)18-8-15(2)9-19-14(20-10-15)12-6-4-3-5-7-12/h3-7,14H,8-10H2,1-2H3. The number of hydrogen-bond acceptors (Lipinski definition) is 5. The average molecular weight is 278 g/mol. The summed E-state index contributed by atoms with van der Waals surface area (Å²) in [4.78, 5) is 22.0. The SMILES string of the molecule is CC(=O)C(=O)OCC1(C)COC(c2ccccc2)OC1. The third-order valence-electron chi connectivity index (χ3n) is 3.08. The van der Waals surface area contributed by atoms with E-state index in [0.717, 1.165) is 5.56 Å². The van der Waals surface area contributed by atoms with Gasteiger partial charge in [0.05, 0.1) is 13.2 Å². The lowest BCUT2D eigenvalue weighted by molar-refractivity contribution is -0.238. The Kier molecular flexibility index (Phi) is 4.52. The van der Waals surface area contributed by atoms with Gasteiger partial charge in [-0.2, -0.15) is 0 Å². The molecular formula is C15H18O5. The smallest absolute Gasteiger partial charge is 0.374 e. The zero-order chi connectivity index (χ0) is 14.6. The van der Waals surface area contributed by atoms with Gasteiger partial charge >= 0.3 is 5.97 Å². The van der Waals surface area contributed by atoms with Crippen LogP contribution in [0.4, 0.5) is 0 Å². The molecule has 0 atom stereocenters. The van der Waals surface area contributed by atoms with Crippen molar-refractivity contribution in [1.29, 1.82) is 0 Å². The van der Waals surface area contributed by atoms with E-state index in [1.807, 2.05) is 37.3 Å². The van der Waals surface area contributed by atoms with E-state index in [9.17, 15) is 9.59 Å². The first-order valence-electron chi connectivity index (χ1n) is 6.46. The van der Waals surface area contributed by atoms with E-state index in [4.69, 9.17) is 14.2 Å². The molecule has 0 aromatic heterocycles. The lowest BCUT2D eigenvalue weighted by Gasteiger charge is -2.36. The van der Waals surface area contributed by atoms with Gasteiger partial charge in [0.2, 0.25) is 5.78 Å². The number of rotatable bonds is 4. The van der Waals surface area contributed by atoms with Crippen LogP contribution in [-0.4, -0.2) is 31.6 Å². The molecule has 0 aliphatic carbocycles.